The van der Waals surface area contributed by atoms with Crippen LogP contribution in [0.25, 0.3) is 0 Å². The topological polar surface area (TPSA) is 33.0 Å². The molecule has 1 fully saturated rings. The van der Waals surface area contributed by atoms with Crippen molar-refractivity contribution in [2.75, 3.05) is 0 Å². The standard InChI is InChI=1S/C10H7BrFNO/c11-6-3-9(12)8(5-13)10(4-6)14-7-1-2-7/h3-4,7H,1-2H2. The highest BCUT2D eigenvalue weighted by atomic mass is 79.9. The predicted octanol–water partition coefficient (Wildman–Crippen LogP) is 3.00. The molecule has 0 spiro atoms. The predicted molar refractivity (Wildman–Crippen MR) is 52.5 cm³/mol. The minimum atomic E-state index is -0.544. The van der Waals surface area contributed by atoms with Crippen molar-refractivity contribution in [3.05, 3.63) is 28.0 Å². The lowest BCUT2D eigenvalue weighted by Crippen LogP contribution is -1.99. The maximum absolute atomic E-state index is 13.2. The van der Waals surface area contributed by atoms with E-state index in [9.17, 15) is 4.39 Å². The molecule has 2 nitrogen and oxygen atoms in total. The van der Waals surface area contributed by atoms with E-state index in [0.717, 1.165) is 12.8 Å². The van der Waals surface area contributed by atoms with Crippen LogP contribution < -0.4 is 4.74 Å². The van der Waals surface area contributed by atoms with Crippen molar-refractivity contribution in [2.45, 2.75) is 18.9 Å². The van der Waals surface area contributed by atoms with Crippen molar-refractivity contribution in [3.63, 3.8) is 0 Å². The summed E-state index contributed by atoms with van der Waals surface area (Å²) in [6.45, 7) is 0. The fourth-order valence-corrected chi connectivity index (χ4v) is 1.53. The maximum Gasteiger partial charge on any atom is 0.145 e. The maximum atomic E-state index is 13.2. The molecule has 4 heteroatoms. The van der Waals surface area contributed by atoms with Gasteiger partial charge in [-0.1, -0.05) is 15.9 Å². The third-order valence-electron chi connectivity index (χ3n) is 1.95. The van der Waals surface area contributed by atoms with Crippen LogP contribution in [-0.4, -0.2) is 6.10 Å². The van der Waals surface area contributed by atoms with Gasteiger partial charge < -0.3 is 4.74 Å². The average Bonchev–Trinajstić information content (AvgIpc) is 2.87. The molecule has 0 bridgehead atoms. The number of hydrogen-bond acceptors (Lipinski definition) is 2. The third kappa shape index (κ3) is 1.88. The first-order valence-electron chi connectivity index (χ1n) is 4.26. The summed E-state index contributed by atoms with van der Waals surface area (Å²) < 4.78 is 19.3. The van der Waals surface area contributed by atoms with Crippen molar-refractivity contribution >= 4 is 15.9 Å². The summed E-state index contributed by atoms with van der Waals surface area (Å²) in [4.78, 5) is 0. The lowest BCUT2D eigenvalue weighted by atomic mass is 10.2. The lowest BCUT2D eigenvalue weighted by molar-refractivity contribution is 0.300. The molecule has 0 heterocycles. The zero-order valence-electron chi connectivity index (χ0n) is 7.26. The molecule has 1 aromatic carbocycles. The molecule has 0 aliphatic heterocycles. The molecule has 0 aromatic heterocycles. The molecule has 1 aliphatic carbocycles. The van der Waals surface area contributed by atoms with Crippen LogP contribution in [0, 0.1) is 17.1 Å². The van der Waals surface area contributed by atoms with Gasteiger partial charge in [0.2, 0.25) is 0 Å². The second-order valence-electron chi connectivity index (χ2n) is 3.19. The van der Waals surface area contributed by atoms with Gasteiger partial charge in [-0.15, -0.1) is 0 Å². The molecule has 0 N–H and O–H groups in total. The van der Waals surface area contributed by atoms with Crippen molar-refractivity contribution < 1.29 is 9.13 Å². The van der Waals surface area contributed by atoms with Gasteiger partial charge in [0.15, 0.2) is 0 Å². The highest BCUT2D eigenvalue weighted by molar-refractivity contribution is 9.10. The Kier molecular flexibility index (Phi) is 2.42. The van der Waals surface area contributed by atoms with Gasteiger partial charge in [0, 0.05) is 4.47 Å². The van der Waals surface area contributed by atoms with E-state index < -0.39 is 5.82 Å². The highest BCUT2D eigenvalue weighted by Gasteiger charge is 2.25. The number of benzene rings is 1. The Hall–Kier alpha value is -1.08. The largest absolute Gasteiger partial charge is 0.489 e. The first-order chi connectivity index (χ1) is 6.70. The molecular weight excluding hydrogens is 249 g/mol. The Bertz CT molecular complexity index is 409. The third-order valence-corrected chi connectivity index (χ3v) is 2.41. The van der Waals surface area contributed by atoms with E-state index >= 15 is 0 Å². The molecular formula is C10H7BrFNO. The molecule has 0 radical (unpaired) electrons. The molecule has 1 aliphatic rings. The zero-order chi connectivity index (χ0) is 10.1. The molecule has 0 amide bonds. The van der Waals surface area contributed by atoms with Crippen LogP contribution >= 0.6 is 15.9 Å². The van der Waals surface area contributed by atoms with Crippen molar-refractivity contribution in [1.29, 1.82) is 5.26 Å². The molecule has 0 atom stereocenters. The van der Waals surface area contributed by atoms with Gasteiger partial charge in [-0.05, 0) is 25.0 Å². The Morgan fingerprint density at radius 3 is 2.79 bits per heavy atom. The number of halogens is 2. The van der Waals surface area contributed by atoms with Crippen LogP contribution in [0.4, 0.5) is 4.39 Å². The Labute approximate surface area is 89.4 Å². The Morgan fingerprint density at radius 2 is 2.21 bits per heavy atom. The van der Waals surface area contributed by atoms with E-state index in [4.69, 9.17) is 10.00 Å². The number of nitriles is 1. The van der Waals surface area contributed by atoms with Crippen molar-refractivity contribution in [3.8, 4) is 11.8 Å². The summed E-state index contributed by atoms with van der Waals surface area (Å²) in [5.74, 6) is -0.209. The highest BCUT2D eigenvalue weighted by Crippen LogP contribution is 2.32. The minimum absolute atomic E-state index is 0.0138. The number of ether oxygens (including phenoxy) is 1. The van der Waals surface area contributed by atoms with E-state index in [1.54, 1.807) is 12.1 Å². The summed E-state index contributed by atoms with van der Waals surface area (Å²) in [7, 11) is 0. The summed E-state index contributed by atoms with van der Waals surface area (Å²) in [6, 6.07) is 4.69. The zero-order valence-corrected chi connectivity index (χ0v) is 8.84. The van der Waals surface area contributed by atoms with E-state index in [0.29, 0.717) is 10.2 Å². The molecule has 14 heavy (non-hydrogen) atoms. The van der Waals surface area contributed by atoms with E-state index in [1.807, 2.05) is 0 Å². The van der Waals surface area contributed by atoms with Gasteiger partial charge in [-0.2, -0.15) is 5.26 Å². The van der Waals surface area contributed by atoms with Crippen LogP contribution in [0.2, 0.25) is 0 Å². The van der Waals surface area contributed by atoms with Crippen LogP contribution in [0.1, 0.15) is 18.4 Å². The second kappa shape index (κ2) is 3.58. The van der Waals surface area contributed by atoms with E-state index in [-0.39, 0.29) is 11.7 Å². The Morgan fingerprint density at radius 1 is 1.50 bits per heavy atom. The minimum Gasteiger partial charge on any atom is -0.489 e. The smallest absolute Gasteiger partial charge is 0.145 e. The van der Waals surface area contributed by atoms with Gasteiger partial charge in [0.25, 0.3) is 0 Å². The fourth-order valence-electron chi connectivity index (χ4n) is 1.12. The summed E-state index contributed by atoms with van der Waals surface area (Å²) in [5.41, 5.74) is -0.0138. The summed E-state index contributed by atoms with van der Waals surface area (Å²) in [6.07, 6.45) is 2.13. The van der Waals surface area contributed by atoms with Crippen LogP contribution in [-0.2, 0) is 0 Å². The normalized spacial score (nSPS) is 14.9. The first-order valence-corrected chi connectivity index (χ1v) is 5.06. The van der Waals surface area contributed by atoms with Crippen molar-refractivity contribution in [2.24, 2.45) is 0 Å². The molecule has 2 rings (SSSR count). The van der Waals surface area contributed by atoms with Gasteiger partial charge in [0.05, 0.1) is 6.10 Å². The first kappa shape index (κ1) is 9.47. The van der Waals surface area contributed by atoms with Crippen LogP contribution in [0.15, 0.2) is 16.6 Å². The molecule has 72 valence electrons. The van der Waals surface area contributed by atoms with Crippen molar-refractivity contribution in [1.82, 2.24) is 0 Å². The monoisotopic (exact) mass is 255 g/mol. The van der Waals surface area contributed by atoms with E-state index in [2.05, 4.69) is 15.9 Å². The molecule has 0 unspecified atom stereocenters. The Balaban J connectivity index is 2.39. The number of rotatable bonds is 2. The summed E-state index contributed by atoms with van der Waals surface area (Å²) >= 11 is 3.16. The summed E-state index contributed by atoms with van der Waals surface area (Å²) in [5, 5.41) is 8.74. The fraction of sp³-hybridized carbons (Fsp3) is 0.300. The second-order valence-corrected chi connectivity index (χ2v) is 4.11. The quantitative estimate of drug-likeness (QED) is 0.814. The van der Waals surface area contributed by atoms with Gasteiger partial charge in [0.1, 0.15) is 23.2 Å². The molecule has 1 aromatic rings. The lowest BCUT2D eigenvalue weighted by Gasteiger charge is -2.07. The number of nitrogens with zero attached hydrogens (tertiary/aromatic N) is 1. The van der Waals surface area contributed by atoms with Gasteiger partial charge in [-0.25, -0.2) is 4.39 Å². The van der Waals surface area contributed by atoms with Gasteiger partial charge >= 0.3 is 0 Å². The molecule has 0 saturated heterocycles. The molecule has 1 saturated carbocycles. The van der Waals surface area contributed by atoms with Crippen LogP contribution in [0.5, 0.6) is 5.75 Å². The van der Waals surface area contributed by atoms with Gasteiger partial charge in [-0.3, -0.25) is 0 Å². The number of hydrogen-bond donors (Lipinski definition) is 0. The van der Waals surface area contributed by atoms with Crippen LogP contribution in [0.3, 0.4) is 0 Å². The average molecular weight is 256 g/mol. The SMILES string of the molecule is N#Cc1c(F)cc(Br)cc1OC1CC1. The van der Waals surface area contributed by atoms with E-state index in [1.165, 1.54) is 6.07 Å².